The number of aliphatic hydroxyl groups excluding tert-OH is 1. The molecule has 0 aromatic heterocycles. The molecule has 0 aliphatic carbocycles. The highest BCUT2D eigenvalue weighted by Gasteiger charge is 2.37. The van der Waals surface area contributed by atoms with Gasteiger partial charge in [0.1, 0.15) is 0 Å². The van der Waals surface area contributed by atoms with Gasteiger partial charge in [-0.1, -0.05) is 0 Å². The summed E-state index contributed by atoms with van der Waals surface area (Å²) in [4.78, 5) is 0. The van der Waals surface area contributed by atoms with E-state index in [1.54, 1.807) is 0 Å². The normalized spacial score (nSPS) is 47.1. The summed E-state index contributed by atoms with van der Waals surface area (Å²) in [7, 11) is 0. The average molecular weight is 144 g/mol. The smallest absolute Gasteiger partial charge is 0.0883 e. The molecular formula is C7H12O3. The predicted octanol–water partition coefficient (Wildman–Crippen LogP) is -0.217. The van der Waals surface area contributed by atoms with Crippen LogP contribution < -0.4 is 0 Å². The molecule has 3 nitrogen and oxygen atoms in total. The Morgan fingerprint density at radius 1 is 1.30 bits per heavy atom. The van der Waals surface area contributed by atoms with Crippen LogP contribution >= 0.6 is 0 Å². The monoisotopic (exact) mass is 144 g/mol. The van der Waals surface area contributed by atoms with E-state index in [-0.39, 0.29) is 18.1 Å². The van der Waals surface area contributed by atoms with Crippen molar-refractivity contribution >= 4 is 0 Å². The second kappa shape index (κ2) is 2.49. The van der Waals surface area contributed by atoms with Gasteiger partial charge in [-0.15, -0.1) is 0 Å². The Balaban J connectivity index is 2.03. The number of rotatable bonds is 0. The molecule has 2 saturated heterocycles. The minimum absolute atomic E-state index is 0.170. The third-order valence-corrected chi connectivity index (χ3v) is 2.31. The maximum absolute atomic E-state index is 9.42. The highest BCUT2D eigenvalue weighted by atomic mass is 16.5. The van der Waals surface area contributed by atoms with Crippen molar-refractivity contribution in [3.8, 4) is 0 Å². The summed E-state index contributed by atoms with van der Waals surface area (Å²) in [5.41, 5.74) is 0. The van der Waals surface area contributed by atoms with Crippen LogP contribution in [-0.2, 0) is 9.47 Å². The molecule has 3 heteroatoms. The first-order chi connectivity index (χ1) is 4.88. The molecule has 58 valence electrons. The van der Waals surface area contributed by atoms with Crippen LogP contribution in [0.5, 0.6) is 0 Å². The standard InChI is InChI=1S/C7H12O3/c8-6-1-2-10-7-4-9-3-5(6)7/h5-8H,1-4H2/t5?,6-,7-/m0/s1. The lowest BCUT2D eigenvalue weighted by Gasteiger charge is -2.28. The van der Waals surface area contributed by atoms with E-state index >= 15 is 0 Å². The molecule has 2 fully saturated rings. The van der Waals surface area contributed by atoms with Crippen LogP contribution in [0.15, 0.2) is 0 Å². The molecule has 1 unspecified atom stereocenters. The first-order valence-corrected chi connectivity index (χ1v) is 3.75. The lowest BCUT2D eigenvalue weighted by molar-refractivity contribution is -0.0685. The summed E-state index contributed by atoms with van der Waals surface area (Å²) in [5.74, 6) is 0.244. The zero-order chi connectivity index (χ0) is 6.97. The summed E-state index contributed by atoms with van der Waals surface area (Å²) in [6.07, 6.45) is 0.745. The Labute approximate surface area is 59.9 Å². The number of aliphatic hydroxyl groups is 1. The van der Waals surface area contributed by atoms with Gasteiger partial charge in [0.15, 0.2) is 0 Å². The van der Waals surface area contributed by atoms with Gasteiger partial charge in [0.25, 0.3) is 0 Å². The fourth-order valence-corrected chi connectivity index (χ4v) is 1.64. The maximum Gasteiger partial charge on any atom is 0.0883 e. The van der Waals surface area contributed by atoms with E-state index in [0.717, 1.165) is 6.42 Å². The van der Waals surface area contributed by atoms with E-state index in [0.29, 0.717) is 19.8 Å². The maximum atomic E-state index is 9.42. The van der Waals surface area contributed by atoms with Crippen LogP contribution in [0.1, 0.15) is 6.42 Å². The molecule has 0 spiro atoms. The summed E-state index contributed by atoms with van der Waals surface area (Å²) in [5, 5.41) is 9.42. The molecule has 2 aliphatic heterocycles. The quantitative estimate of drug-likeness (QED) is 0.511. The van der Waals surface area contributed by atoms with Crippen LogP contribution in [0.4, 0.5) is 0 Å². The van der Waals surface area contributed by atoms with Crippen molar-refractivity contribution in [2.45, 2.75) is 18.6 Å². The molecule has 0 radical (unpaired) electrons. The molecule has 0 aromatic carbocycles. The second-order valence-corrected chi connectivity index (χ2v) is 2.97. The van der Waals surface area contributed by atoms with Crippen LogP contribution in [0.2, 0.25) is 0 Å². The predicted molar refractivity (Wildman–Crippen MR) is 34.7 cm³/mol. The number of fused-ring (bicyclic) bond motifs is 1. The molecule has 0 bridgehead atoms. The fourth-order valence-electron chi connectivity index (χ4n) is 1.64. The minimum Gasteiger partial charge on any atom is -0.393 e. The number of hydrogen-bond acceptors (Lipinski definition) is 3. The lowest BCUT2D eigenvalue weighted by atomic mass is 9.95. The van der Waals surface area contributed by atoms with Crippen molar-refractivity contribution in [1.29, 1.82) is 0 Å². The Morgan fingerprint density at radius 2 is 2.20 bits per heavy atom. The fraction of sp³-hybridized carbons (Fsp3) is 1.00. The van der Waals surface area contributed by atoms with Crippen molar-refractivity contribution < 1.29 is 14.6 Å². The largest absolute Gasteiger partial charge is 0.393 e. The van der Waals surface area contributed by atoms with Gasteiger partial charge >= 0.3 is 0 Å². The molecule has 0 saturated carbocycles. The third-order valence-electron chi connectivity index (χ3n) is 2.31. The topological polar surface area (TPSA) is 38.7 Å². The molecule has 2 heterocycles. The van der Waals surface area contributed by atoms with Gasteiger partial charge in [-0.2, -0.15) is 0 Å². The highest BCUT2D eigenvalue weighted by Crippen LogP contribution is 2.26. The molecular weight excluding hydrogens is 132 g/mol. The molecule has 10 heavy (non-hydrogen) atoms. The van der Waals surface area contributed by atoms with E-state index in [4.69, 9.17) is 9.47 Å². The second-order valence-electron chi connectivity index (χ2n) is 2.97. The van der Waals surface area contributed by atoms with Crippen molar-refractivity contribution in [3.63, 3.8) is 0 Å². The van der Waals surface area contributed by atoms with E-state index in [9.17, 15) is 5.11 Å². The van der Waals surface area contributed by atoms with Crippen molar-refractivity contribution in [3.05, 3.63) is 0 Å². The van der Waals surface area contributed by atoms with Crippen LogP contribution in [0.3, 0.4) is 0 Å². The zero-order valence-electron chi connectivity index (χ0n) is 5.82. The SMILES string of the molecule is O[C@H]1CCO[C@H]2COCC21. The van der Waals surface area contributed by atoms with Gasteiger partial charge < -0.3 is 14.6 Å². The Morgan fingerprint density at radius 3 is 3.00 bits per heavy atom. The number of hydrogen-bond donors (Lipinski definition) is 1. The third kappa shape index (κ3) is 0.944. The van der Waals surface area contributed by atoms with Crippen molar-refractivity contribution in [1.82, 2.24) is 0 Å². The van der Waals surface area contributed by atoms with Crippen LogP contribution in [0.25, 0.3) is 0 Å². The van der Waals surface area contributed by atoms with Crippen LogP contribution in [0, 0.1) is 5.92 Å². The van der Waals surface area contributed by atoms with Gasteiger partial charge in [0, 0.05) is 12.5 Å². The van der Waals surface area contributed by atoms with Crippen LogP contribution in [-0.4, -0.2) is 37.1 Å². The van der Waals surface area contributed by atoms with Gasteiger partial charge in [-0.3, -0.25) is 0 Å². The van der Waals surface area contributed by atoms with Gasteiger partial charge in [-0.05, 0) is 6.42 Å². The van der Waals surface area contributed by atoms with Crippen molar-refractivity contribution in [2.24, 2.45) is 5.92 Å². The highest BCUT2D eigenvalue weighted by molar-refractivity contribution is 4.84. The summed E-state index contributed by atoms with van der Waals surface area (Å²) in [6, 6.07) is 0. The summed E-state index contributed by atoms with van der Waals surface area (Å²) >= 11 is 0. The van der Waals surface area contributed by atoms with E-state index in [2.05, 4.69) is 0 Å². The lowest BCUT2D eigenvalue weighted by Crippen LogP contribution is -2.38. The molecule has 2 aliphatic rings. The van der Waals surface area contributed by atoms with Gasteiger partial charge in [0.2, 0.25) is 0 Å². The van der Waals surface area contributed by atoms with E-state index in [1.807, 2.05) is 0 Å². The first kappa shape index (κ1) is 6.58. The molecule has 3 atom stereocenters. The van der Waals surface area contributed by atoms with E-state index < -0.39 is 0 Å². The first-order valence-electron chi connectivity index (χ1n) is 3.75. The molecule has 1 N–H and O–H groups in total. The Kier molecular flexibility index (Phi) is 1.64. The molecule has 0 amide bonds. The van der Waals surface area contributed by atoms with Gasteiger partial charge in [0.05, 0.1) is 25.4 Å². The zero-order valence-corrected chi connectivity index (χ0v) is 5.82. The molecule has 2 rings (SSSR count). The van der Waals surface area contributed by atoms with E-state index in [1.165, 1.54) is 0 Å². The number of ether oxygens (including phenoxy) is 2. The minimum atomic E-state index is -0.193. The van der Waals surface area contributed by atoms with Crippen molar-refractivity contribution in [2.75, 3.05) is 19.8 Å². The summed E-state index contributed by atoms with van der Waals surface area (Å²) < 4.78 is 10.6. The molecule has 0 aromatic rings. The Hall–Kier alpha value is -0.120. The average Bonchev–Trinajstić information content (AvgIpc) is 2.36. The van der Waals surface area contributed by atoms with Gasteiger partial charge in [-0.25, -0.2) is 0 Å². The Bertz CT molecular complexity index is 126. The summed E-state index contributed by atoms with van der Waals surface area (Å²) in [6.45, 7) is 2.03.